The zero-order valence-corrected chi connectivity index (χ0v) is 7.25. The average molecular weight is 260 g/mol. The van der Waals surface area contributed by atoms with Gasteiger partial charge in [-0.1, -0.05) is 0 Å². The fourth-order valence-corrected chi connectivity index (χ4v) is 1.08. The molecule has 1 aliphatic heterocycles. The van der Waals surface area contributed by atoms with E-state index in [1.165, 1.54) is 0 Å². The molecule has 1 saturated heterocycles. The molecular weight excluding hydrogens is 256 g/mol. The summed E-state index contributed by atoms with van der Waals surface area (Å²) in [5.74, 6) is -11.1. The fraction of sp³-hybridized carbons (Fsp3) is 1.00. The summed E-state index contributed by atoms with van der Waals surface area (Å²) >= 11 is 0. The Labute approximate surface area is 83.1 Å². The van der Waals surface area contributed by atoms with E-state index in [1.807, 2.05) is 0 Å². The van der Waals surface area contributed by atoms with Gasteiger partial charge in [0.15, 0.2) is 0 Å². The van der Waals surface area contributed by atoms with E-state index >= 15 is 0 Å². The molecule has 2 unspecified atom stereocenters. The largest absolute Gasteiger partial charge is 0.455 e. The lowest BCUT2D eigenvalue weighted by Gasteiger charge is -2.42. The molecule has 0 aromatic heterocycles. The van der Waals surface area contributed by atoms with Gasteiger partial charge in [-0.15, -0.1) is 0 Å². The summed E-state index contributed by atoms with van der Waals surface area (Å²) in [5.41, 5.74) is 0. The molecule has 1 rings (SSSR count). The minimum absolute atomic E-state index is 1.14. The van der Waals surface area contributed by atoms with Gasteiger partial charge in [0, 0.05) is 0 Å². The standard InChI is InChI=1S/C6H4F8O2/c7-3(5(9,10)11)4(8,6(12,13)14)16-2-1-15-3/h1-2H2. The first-order valence-electron chi connectivity index (χ1n) is 3.75. The second kappa shape index (κ2) is 3.42. The van der Waals surface area contributed by atoms with Crippen molar-refractivity contribution in [2.24, 2.45) is 0 Å². The minimum Gasteiger partial charge on any atom is -0.332 e. The molecule has 0 saturated carbocycles. The highest BCUT2D eigenvalue weighted by molar-refractivity contribution is 4.99. The summed E-state index contributed by atoms with van der Waals surface area (Å²) in [4.78, 5) is 0. The van der Waals surface area contributed by atoms with Crippen molar-refractivity contribution < 1.29 is 44.6 Å². The predicted octanol–water partition coefficient (Wildman–Crippen LogP) is 2.49. The zero-order valence-electron chi connectivity index (χ0n) is 7.25. The number of hydrogen-bond acceptors (Lipinski definition) is 2. The van der Waals surface area contributed by atoms with Gasteiger partial charge in [-0.2, -0.15) is 35.1 Å². The molecule has 1 fully saturated rings. The Morgan fingerprint density at radius 3 is 1.12 bits per heavy atom. The van der Waals surface area contributed by atoms with Crippen molar-refractivity contribution in [3.8, 4) is 0 Å². The summed E-state index contributed by atoms with van der Waals surface area (Å²) in [5, 5.41) is 0. The van der Waals surface area contributed by atoms with Crippen LogP contribution in [0.1, 0.15) is 0 Å². The van der Waals surface area contributed by atoms with Crippen molar-refractivity contribution in [2.75, 3.05) is 13.2 Å². The van der Waals surface area contributed by atoms with E-state index in [9.17, 15) is 35.1 Å². The Hall–Kier alpha value is -0.640. The highest BCUT2D eigenvalue weighted by atomic mass is 19.4. The number of rotatable bonds is 0. The van der Waals surface area contributed by atoms with E-state index in [-0.39, 0.29) is 0 Å². The second-order valence-corrected chi connectivity index (χ2v) is 2.88. The first kappa shape index (κ1) is 13.4. The third-order valence-corrected chi connectivity index (χ3v) is 1.83. The van der Waals surface area contributed by atoms with Crippen LogP contribution in [0.25, 0.3) is 0 Å². The molecule has 0 N–H and O–H groups in total. The Bertz CT molecular complexity index is 245. The molecule has 16 heavy (non-hydrogen) atoms. The zero-order chi connectivity index (χ0) is 12.8. The van der Waals surface area contributed by atoms with Gasteiger partial charge in [-0.25, -0.2) is 0 Å². The normalized spacial score (nSPS) is 37.5. The van der Waals surface area contributed by atoms with Gasteiger partial charge < -0.3 is 9.47 Å². The smallest absolute Gasteiger partial charge is 0.332 e. The van der Waals surface area contributed by atoms with Gasteiger partial charge in [0.2, 0.25) is 0 Å². The van der Waals surface area contributed by atoms with Crippen molar-refractivity contribution in [2.45, 2.75) is 24.1 Å². The van der Waals surface area contributed by atoms with Crippen LogP contribution in [0.3, 0.4) is 0 Å². The van der Waals surface area contributed by atoms with E-state index < -0.39 is 37.3 Å². The van der Waals surface area contributed by atoms with Gasteiger partial charge in [-0.05, 0) is 0 Å². The number of alkyl halides is 8. The van der Waals surface area contributed by atoms with E-state index in [4.69, 9.17) is 0 Å². The summed E-state index contributed by atoms with van der Waals surface area (Å²) < 4.78 is 105. The molecule has 2 atom stereocenters. The van der Waals surface area contributed by atoms with E-state index in [0.717, 1.165) is 0 Å². The number of ether oxygens (including phenoxy) is 2. The van der Waals surface area contributed by atoms with Gasteiger partial charge in [0.25, 0.3) is 0 Å². The van der Waals surface area contributed by atoms with Crippen LogP contribution in [0.5, 0.6) is 0 Å². The lowest BCUT2D eigenvalue weighted by atomic mass is 10.1. The molecule has 0 aliphatic carbocycles. The Morgan fingerprint density at radius 2 is 0.938 bits per heavy atom. The van der Waals surface area contributed by atoms with Crippen molar-refractivity contribution in [3.63, 3.8) is 0 Å². The predicted molar refractivity (Wildman–Crippen MR) is 31.7 cm³/mol. The molecule has 0 spiro atoms. The summed E-state index contributed by atoms with van der Waals surface area (Å²) in [6, 6.07) is 0. The summed E-state index contributed by atoms with van der Waals surface area (Å²) in [6.07, 6.45) is -12.4. The van der Waals surface area contributed by atoms with Gasteiger partial charge in [0.05, 0.1) is 13.2 Å². The fourth-order valence-electron chi connectivity index (χ4n) is 1.08. The SMILES string of the molecule is FC(F)(F)C1(F)OCCOC1(F)C(F)(F)F. The van der Waals surface area contributed by atoms with Gasteiger partial charge >= 0.3 is 24.1 Å². The van der Waals surface area contributed by atoms with Crippen molar-refractivity contribution in [1.82, 2.24) is 0 Å². The van der Waals surface area contributed by atoms with Crippen molar-refractivity contribution >= 4 is 0 Å². The topological polar surface area (TPSA) is 18.5 Å². The van der Waals surface area contributed by atoms with Crippen LogP contribution in [-0.2, 0) is 9.47 Å². The van der Waals surface area contributed by atoms with Crippen LogP contribution < -0.4 is 0 Å². The number of halogens is 8. The molecule has 0 bridgehead atoms. The van der Waals surface area contributed by atoms with Gasteiger partial charge in [0.1, 0.15) is 0 Å². The van der Waals surface area contributed by atoms with Crippen LogP contribution in [0, 0.1) is 0 Å². The van der Waals surface area contributed by atoms with Crippen molar-refractivity contribution in [3.05, 3.63) is 0 Å². The molecule has 0 radical (unpaired) electrons. The lowest BCUT2D eigenvalue weighted by Crippen LogP contribution is -2.69. The number of hydrogen-bond donors (Lipinski definition) is 0. The third-order valence-electron chi connectivity index (χ3n) is 1.83. The van der Waals surface area contributed by atoms with Crippen LogP contribution >= 0.6 is 0 Å². The maximum atomic E-state index is 13.1. The first-order chi connectivity index (χ1) is 6.96. The minimum atomic E-state index is -6.21. The Balaban J connectivity index is 3.24. The maximum Gasteiger partial charge on any atom is 0.455 e. The molecule has 10 heteroatoms. The molecule has 96 valence electrons. The molecule has 0 amide bonds. The second-order valence-electron chi connectivity index (χ2n) is 2.88. The summed E-state index contributed by atoms with van der Waals surface area (Å²) in [6.45, 7) is -2.28. The van der Waals surface area contributed by atoms with Crippen LogP contribution in [-0.4, -0.2) is 37.3 Å². The lowest BCUT2D eigenvalue weighted by molar-refractivity contribution is -0.498. The Kier molecular flexibility index (Phi) is 2.87. The molecular formula is C6H4F8O2. The third kappa shape index (κ3) is 1.63. The monoisotopic (exact) mass is 260 g/mol. The van der Waals surface area contributed by atoms with E-state index in [1.54, 1.807) is 0 Å². The maximum absolute atomic E-state index is 13.1. The molecule has 0 aromatic carbocycles. The van der Waals surface area contributed by atoms with Crippen LogP contribution in [0.4, 0.5) is 35.1 Å². The van der Waals surface area contributed by atoms with Gasteiger partial charge in [-0.3, -0.25) is 0 Å². The highest BCUT2D eigenvalue weighted by Crippen LogP contribution is 2.54. The molecule has 1 heterocycles. The van der Waals surface area contributed by atoms with E-state index in [2.05, 4.69) is 9.47 Å². The average Bonchev–Trinajstić information content (AvgIpc) is 2.06. The quantitative estimate of drug-likeness (QED) is 0.623. The Morgan fingerprint density at radius 1 is 0.688 bits per heavy atom. The highest BCUT2D eigenvalue weighted by Gasteiger charge is 2.83. The van der Waals surface area contributed by atoms with Crippen LogP contribution in [0.15, 0.2) is 0 Å². The summed E-state index contributed by atoms with van der Waals surface area (Å²) in [7, 11) is 0. The molecule has 2 nitrogen and oxygen atoms in total. The van der Waals surface area contributed by atoms with Crippen molar-refractivity contribution in [1.29, 1.82) is 0 Å². The molecule has 0 aromatic rings. The van der Waals surface area contributed by atoms with Crippen LogP contribution in [0.2, 0.25) is 0 Å². The first-order valence-corrected chi connectivity index (χ1v) is 3.75. The van der Waals surface area contributed by atoms with E-state index in [0.29, 0.717) is 0 Å². The molecule has 1 aliphatic rings.